The Morgan fingerprint density at radius 2 is 1.93 bits per heavy atom. The van der Waals surface area contributed by atoms with Gasteiger partial charge in [0.2, 0.25) is 5.91 Å². The van der Waals surface area contributed by atoms with Crippen molar-refractivity contribution in [2.45, 2.75) is 13.5 Å². The predicted molar refractivity (Wildman–Crippen MR) is 159 cm³/mol. The largest absolute Gasteiger partial charge is 0.492 e. The number of ether oxygens (including phenoxy) is 2. The maximum Gasteiger partial charge on any atom is 0.248 e. The summed E-state index contributed by atoms with van der Waals surface area (Å²) in [5.41, 5.74) is 2.38. The lowest BCUT2D eigenvalue weighted by Gasteiger charge is -2.16. The number of carbonyl (C=O) groups excluding carboxylic acids is 1. The van der Waals surface area contributed by atoms with Gasteiger partial charge in [0.25, 0.3) is 0 Å². The smallest absolute Gasteiger partial charge is 0.248 e. The zero-order valence-corrected chi connectivity index (χ0v) is 23.9. The number of nitrogens with one attached hydrogen (secondary N) is 2. The van der Waals surface area contributed by atoms with Crippen LogP contribution in [-0.4, -0.2) is 43.0 Å². The number of anilines is 3. The second-order valence-corrected chi connectivity index (χ2v) is 9.81. The Morgan fingerprint density at radius 3 is 2.62 bits per heavy atom. The third kappa shape index (κ3) is 7.51. The highest BCUT2D eigenvalue weighted by Gasteiger charge is 2.16. The molecule has 0 aliphatic carbocycles. The van der Waals surface area contributed by atoms with Gasteiger partial charge in [-0.3, -0.25) is 9.78 Å². The molecule has 11 heteroatoms. The van der Waals surface area contributed by atoms with Crippen molar-refractivity contribution >= 4 is 45.5 Å². The summed E-state index contributed by atoms with van der Waals surface area (Å²) in [5.74, 6) is -1.00. The molecule has 0 saturated heterocycles. The van der Waals surface area contributed by atoms with Crippen LogP contribution in [0.15, 0.2) is 66.9 Å². The van der Waals surface area contributed by atoms with Gasteiger partial charge < -0.3 is 25.0 Å². The first-order valence-electron chi connectivity index (χ1n) is 12.9. The number of pyridine rings is 1. The minimum atomic E-state index is -0.717. The average molecular weight is 592 g/mol. The molecular formula is C31H28ClF2N5O3. The molecule has 0 spiro atoms. The summed E-state index contributed by atoms with van der Waals surface area (Å²) in [4.78, 5) is 18.9. The van der Waals surface area contributed by atoms with E-state index in [0.717, 1.165) is 12.1 Å². The number of nitrogens with zero attached hydrogens (tertiary/aromatic N) is 3. The van der Waals surface area contributed by atoms with Gasteiger partial charge in [0.05, 0.1) is 34.1 Å². The molecule has 0 aliphatic rings. The molecule has 1 aromatic heterocycles. The standard InChI is InChI=1S/C31H28ClF2N5O3/c1-4-41-29-15-26-23(14-27(29)38-30(40)6-5-11-39(2)3)31(20(16-35)17-36-26)37-22-9-10-28(24(32)13-22)42-18-19-7-8-21(33)12-25(19)34/h5-10,12-15,17H,4,11,18H2,1-3H3,(H,36,37)(H,38,40)/b6-5+. The minimum Gasteiger partial charge on any atom is -0.492 e. The van der Waals surface area contributed by atoms with Gasteiger partial charge >= 0.3 is 0 Å². The van der Waals surface area contributed by atoms with E-state index in [2.05, 4.69) is 21.7 Å². The van der Waals surface area contributed by atoms with E-state index >= 15 is 0 Å². The predicted octanol–water partition coefficient (Wildman–Crippen LogP) is 6.82. The van der Waals surface area contributed by atoms with Crippen molar-refractivity contribution in [3.63, 3.8) is 0 Å². The quantitative estimate of drug-likeness (QED) is 0.185. The van der Waals surface area contributed by atoms with E-state index in [-0.39, 0.29) is 28.7 Å². The van der Waals surface area contributed by atoms with E-state index < -0.39 is 11.6 Å². The van der Waals surface area contributed by atoms with Crippen LogP contribution in [0.4, 0.5) is 25.8 Å². The molecule has 42 heavy (non-hydrogen) atoms. The molecule has 0 radical (unpaired) electrons. The molecule has 3 aromatic carbocycles. The molecule has 8 nitrogen and oxygen atoms in total. The van der Waals surface area contributed by atoms with Crippen molar-refractivity contribution in [3.8, 4) is 17.6 Å². The number of carbonyl (C=O) groups is 1. The number of hydrogen-bond acceptors (Lipinski definition) is 7. The lowest BCUT2D eigenvalue weighted by molar-refractivity contribution is -0.111. The maximum atomic E-state index is 14.0. The SMILES string of the molecule is CCOc1cc2ncc(C#N)c(Nc3ccc(OCc4ccc(F)cc4F)c(Cl)c3)c2cc1NC(=O)/C=C/CN(C)C. The molecule has 0 atom stereocenters. The van der Waals surface area contributed by atoms with Crippen LogP contribution < -0.4 is 20.1 Å². The summed E-state index contributed by atoms with van der Waals surface area (Å²) >= 11 is 6.45. The summed E-state index contributed by atoms with van der Waals surface area (Å²) in [6.45, 7) is 2.65. The fourth-order valence-electron chi connectivity index (χ4n) is 3.99. The normalized spacial score (nSPS) is 11.1. The van der Waals surface area contributed by atoms with Gasteiger partial charge in [-0.1, -0.05) is 17.7 Å². The number of likely N-dealkylation sites (N-methyl/N-ethyl adjacent to an activating group) is 1. The zero-order chi connectivity index (χ0) is 30.2. The Morgan fingerprint density at radius 1 is 1.12 bits per heavy atom. The van der Waals surface area contributed by atoms with E-state index in [4.69, 9.17) is 21.1 Å². The number of benzene rings is 3. The van der Waals surface area contributed by atoms with Crippen molar-refractivity contribution in [1.82, 2.24) is 9.88 Å². The Hall–Kier alpha value is -4.72. The van der Waals surface area contributed by atoms with E-state index in [1.54, 1.807) is 36.4 Å². The summed E-state index contributed by atoms with van der Waals surface area (Å²) in [6.07, 6.45) is 4.63. The van der Waals surface area contributed by atoms with Crippen LogP contribution in [-0.2, 0) is 11.4 Å². The van der Waals surface area contributed by atoms with Crippen LogP contribution in [0.5, 0.6) is 11.5 Å². The summed E-state index contributed by atoms with van der Waals surface area (Å²) in [6, 6.07) is 13.7. The number of fused-ring (bicyclic) bond motifs is 1. The van der Waals surface area contributed by atoms with E-state index in [1.165, 1.54) is 18.3 Å². The zero-order valence-electron chi connectivity index (χ0n) is 23.2. The average Bonchev–Trinajstić information content (AvgIpc) is 2.94. The molecular weight excluding hydrogens is 564 g/mol. The number of halogens is 3. The number of amides is 1. The second kappa shape index (κ2) is 13.8. The highest BCUT2D eigenvalue weighted by Crippen LogP contribution is 2.37. The fraction of sp³-hybridized carbons (Fsp3) is 0.194. The van der Waals surface area contributed by atoms with Gasteiger partial charge in [-0.2, -0.15) is 5.26 Å². The molecule has 0 fully saturated rings. The lowest BCUT2D eigenvalue weighted by Crippen LogP contribution is -2.13. The first kappa shape index (κ1) is 30.2. The third-order valence-corrected chi connectivity index (χ3v) is 6.28. The van der Waals surface area contributed by atoms with E-state index in [1.807, 2.05) is 25.9 Å². The number of rotatable bonds is 11. The van der Waals surface area contributed by atoms with Crippen molar-refractivity contribution < 1.29 is 23.0 Å². The molecule has 4 rings (SSSR count). The molecule has 0 bridgehead atoms. The van der Waals surface area contributed by atoms with E-state index in [9.17, 15) is 18.8 Å². The van der Waals surface area contributed by atoms with Gasteiger partial charge in [0.15, 0.2) is 0 Å². The van der Waals surface area contributed by atoms with Gasteiger partial charge in [-0.25, -0.2) is 8.78 Å². The van der Waals surface area contributed by atoms with Crippen LogP contribution in [0.3, 0.4) is 0 Å². The van der Waals surface area contributed by atoms with Crippen LogP contribution in [0.2, 0.25) is 5.02 Å². The Labute approximate surface area is 247 Å². The molecule has 1 heterocycles. The van der Waals surface area contributed by atoms with Crippen molar-refractivity contribution in [2.24, 2.45) is 0 Å². The molecule has 1 amide bonds. The van der Waals surface area contributed by atoms with E-state index in [0.29, 0.717) is 52.6 Å². The number of nitriles is 1. The molecule has 0 saturated carbocycles. The highest BCUT2D eigenvalue weighted by atomic mass is 35.5. The molecule has 216 valence electrons. The second-order valence-electron chi connectivity index (χ2n) is 9.41. The van der Waals surface area contributed by atoms with Crippen molar-refractivity contribution in [2.75, 3.05) is 37.9 Å². The molecule has 2 N–H and O–H groups in total. The van der Waals surface area contributed by atoms with Gasteiger partial charge in [-0.05, 0) is 57.4 Å². The fourth-order valence-corrected chi connectivity index (χ4v) is 4.23. The summed E-state index contributed by atoms with van der Waals surface area (Å²) < 4.78 is 38.6. The molecule has 4 aromatic rings. The third-order valence-electron chi connectivity index (χ3n) is 5.99. The Balaban J connectivity index is 1.63. The summed E-state index contributed by atoms with van der Waals surface area (Å²) in [7, 11) is 3.80. The highest BCUT2D eigenvalue weighted by molar-refractivity contribution is 6.32. The van der Waals surface area contributed by atoms with Crippen LogP contribution in [0, 0.1) is 23.0 Å². The van der Waals surface area contributed by atoms with Gasteiger partial charge in [0, 0.05) is 47.6 Å². The Kier molecular flexibility index (Phi) is 9.91. The van der Waals surface area contributed by atoms with Gasteiger partial charge in [0.1, 0.15) is 35.8 Å². The monoisotopic (exact) mass is 591 g/mol. The van der Waals surface area contributed by atoms with Crippen molar-refractivity contribution in [3.05, 3.63) is 94.7 Å². The van der Waals surface area contributed by atoms with Crippen molar-refractivity contribution in [1.29, 1.82) is 5.26 Å². The van der Waals surface area contributed by atoms with Gasteiger partial charge in [-0.15, -0.1) is 0 Å². The number of aromatic nitrogens is 1. The maximum absolute atomic E-state index is 14.0. The lowest BCUT2D eigenvalue weighted by atomic mass is 10.1. The molecule has 0 aliphatic heterocycles. The van der Waals surface area contributed by atoms with Crippen LogP contribution in [0.25, 0.3) is 10.9 Å². The summed E-state index contributed by atoms with van der Waals surface area (Å²) in [5, 5.41) is 16.7. The number of hydrogen-bond donors (Lipinski definition) is 2. The van der Waals surface area contributed by atoms with Crippen LogP contribution in [0.1, 0.15) is 18.1 Å². The molecule has 0 unspecified atom stereocenters. The minimum absolute atomic E-state index is 0.146. The van der Waals surface area contributed by atoms with Crippen LogP contribution >= 0.6 is 11.6 Å². The first-order chi connectivity index (χ1) is 20.2. The topological polar surface area (TPSA) is 99.5 Å². The first-order valence-corrected chi connectivity index (χ1v) is 13.3. The Bertz CT molecular complexity index is 1690.